The van der Waals surface area contributed by atoms with Crippen molar-refractivity contribution in [1.29, 1.82) is 0 Å². The van der Waals surface area contributed by atoms with Gasteiger partial charge in [0.25, 0.3) is 0 Å². The van der Waals surface area contributed by atoms with Gasteiger partial charge in [-0.3, -0.25) is 0 Å². The first-order valence-electron chi connectivity index (χ1n) is 9.05. The lowest BCUT2D eigenvalue weighted by Gasteiger charge is -2.16. The van der Waals surface area contributed by atoms with Crippen LogP contribution in [-0.2, 0) is 0 Å². The van der Waals surface area contributed by atoms with Crippen molar-refractivity contribution in [2.75, 3.05) is 0 Å². The lowest BCUT2D eigenvalue weighted by atomic mass is 9.89. The fraction of sp³-hybridized carbons (Fsp3) is 1.00. The average molecular weight is 264 g/mol. The molecule has 0 rings (SSSR count). The van der Waals surface area contributed by atoms with Gasteiger partial charge in [-0.05, 0) is 5.92 Å². The zero-order valence-electron chi connectivity index (χ0n) is 13.8. The van der Waals surface area contributed by atoms with Crippen molar-refractivity contribution < 1.29 is 0 Å². The largest absolute Gasteiger partial charge is 0.0887 e. The summed E-state index contributed by atoms with van der Waals surface area (Å²) in [6.45, 7) is 4.62. The summed E-state index contributed by atoms with van der Waals surface area (Å²) in [6.07, 6.45) is 20.7. The maximum absolute atomic E-state index is 5.53. The van der Waals surface area contributed by atoms with Crippen molar-refractivity contribution in [3.05, 3.63) is 0 Å². The molecule has 0 aromatic heterocycles. The van der Waals surface area contributed by atoms with E-state index in [1.165, 1.54) is 89.9 Å². The van der Waals surface area contributed by atoms with E-state index < -0.39 is 0 Å². The van der Waals surface area contributed by atoms with Gasteiger partial charge in [-0.15, -0.1) is 0 Å². The monoisotopic (exact) mass is 264 g/mol. The molecule has 0 unspecified atom stereocenters. The second-order valence-electron chi connectivity index (χ2n) is 6.20. The fourth-order valence-electron chi connectivity index (χ4n) is 2.91. The molecule has 19 heavy (non-hydrogen) atoms. The van der Waals surface area contributed by atoms with Crippen LogP contribution in [0.4, 0.5) is 0 Å². The van der Waals surface area contributed by atoms with Crippen LogP contribution in [0.1, 0.15) is 104 Å². The normalized spacial score (nSPS) is 11.3. The van der Waals surface area contributed by atoms with E-state index in [4.69, 9.17) is 7.85 Å². The molecule has 0 aromatic rings. The van der Waals surface area contributed by atoms with E-state index in [0.29, 0.717) is 0 Å². The highest BCUT2D eigenvalue weighted by Gasteiger charge is 2.08. The fourth-order valence-corrected chi connectivity index (χ4v) is 2.91. The summed E-state index contributed by atoms with van der Waals surface area (Å²) in [7, 11) is 5.53. The van der Waals surface area contributed by atoms with Crippen molar-refractivity contribution in [2.24, 2.45) is 5.92 Å². The third kappa shape index (κ3) is 14.3. The van der Waals surface area contributed by atoms with Gasteiger partial charge in [0.1, 0.15) is 0 Å². The topological polar surface area (TPSA) is 0 Å². The van der Waals surface area contributed by atoms with Crippen molar-refractivity contribution in [3.63, 3.8) is 0 Å². The van der Waals surface area contributed by atoms with Gasteiger partial charge in [-0.1, -0.05) is 110 Å². The highest BCUT2D eigenvalue weighted by atomic mass is 14.1. The molecular formula is C18H37B. The van der Waals surface area contributed by atoms with Gasteiger partial charge in [-0.25, -0.2) is 0 Å². The van der Waals surface area contributed by atoms with Gasteiger partial charge < -0.3 is 0 Å². The molecule has 0 heterocycles. The molecule has 0 saturated heterocycles. The summed E-state index contributed by atoms with van der Waals surface area (Å²) >= 11 is 0. The van der Waals surface area contributed by atoms with Gasteiger partial charge >= 0.3 is 0 Å². The van der Waals surface area contributed by atoms with E-state index in [9.17, 15) is 0 Å². The van der Waals surface area contributed by atoms with Crippen LogP contribution in [0.3, 0.4) is 0 Å². The lowest BCUT2D eigenvalue weighted by molar-refractivity contribution is 0.370. The Kier molecular flexibility index (Phi) is 16.2. The molecule has 0 fully saturated rings. The molecule has 0 N–H and O–H groups in total. The minimum atomic E-state index is 0.872. The zero-order chi connectivity index (χ0) is 14.2. The Balaban J connectivity index is 3.58. The summed E-state index contributed by atoms with van der Waals surface area (Å²) in [5.74, 6) is 1.02. The van der Waals surface area contributed by atoms with E-state index in [1.54, 1.807) is 0 Å². The molecule has 0 atom stereocenters. The van der Waals surface area contributed by atoms with Crippen LogP contribution < -0.4 is 0 Å². The average Bonchev–Trinajstić information content (AvgIpc) is 2.42. The van der Waals surface area contributed by atoms with Crippen molar-refractivity contribution in [3.8, 4) is 0 Å². The van der Waals surface area contributed by atoms with Crippen LogP contribution >= 0.6 is 0 Å². The van der Waals surface area contributed by atoms with Crippen LogP contribution in [-0.4, -0.2) is 7.85 Å². The first kappa shape index (κ1) is 19.1. The number of hydrogen-bond donors (Lipinski definition) is 0. The zero-order valence-corrected chi connectivity index (χ0v) is 13.8. The first-order valence-corrected chi connectivity index (χ1v) is 9.05. The smallest absolute Gasteiger partial charge is 0.0653 e. The van der Waals surface area contributed by atoms with E-state index in [0.717, 1.165) is 12.2 Å². The predicted molar refractivity (Wildman–Crippen MR) is 90.0 cm³/mol. The van der Waals surface area contributed by atoms with Crippen molar-refractivity contribution in [1.82, 2.24) is 0 Å². The Morgan fingerprint density at radius 1 is 0.579 bits per heavy atom. The van der Waals surface area contributed by atoms with Crippen LogP contribution in [0.2, 0.25) is 6.32 Å². The van der Waals surface area contributed by atoms with Gasteiger partial charge in [0.2, 0.25) is 0 Å². The van der Waals surface area contributed by atoms with Gasteiger partial charge in [0.15, 0.2) is 0 Å². The molecular weight excluding hydrogens is 227 g/mol. The van der Waals surface area contributed by atoms with Crippen molar-refractivity contribution >= 4 is 7.85 Å². The minimum absolute atomic E-state index is 0.872. The maximum Gasteiger partial charge on any atom is 0.0653 e. The van der Waals surface area contributed by atoms with Crippen LogP contribution in [0.15, 0.2) is 0 Å². The Bertz CT molecular complexity index is 146. The van der Waals surface area contributed by atoms with Gasteiger partial charge in [0.05, 0.1) is 7.85 Å². The second kappa shape index (κ2) is 16.1. The minimum Gasteiger partial charge on any atom is -0.0887 e. The summed E-state index contributed by atoms with van der Waals surface area (Å²) in [5.41, 5.74) is 0. The lowest BCUT2D eigenvalue weighted by Crippen LogP contribution is -2.01. The molecule has 0 aliphatic heterocycles. The summed E-state index contributed by atoms with van der Waals surface area (Å²) in [6, 6.07) is 0. The molecule has 0 aromatic carbocycles. The van der Waals surface area contributed by atoms with E-state index in [2.05, 4.69) is 13.8 Å². The Morgan fingerprint density at radius 2 is 1.00 bits per heavy atom. The molecule has 0 aliphatic carbocycles. The van der Waals surface area contributed by atoms with Crippen LogP contribution in [0, 0.1) is 5.92 Å². The summed E-state index contributed by atoms with van der Waals surface area (Å²) in [4.78, 5) is 0. The predicted octanol–water partition coefficient (Wildman–Crippen LogP) is 6.69. The quantitative estimate of drug-likeness (QED) is 0.228. The third-order valence-electron chi connectivity index (χ3n) is 4.25. The summed E-state index contributed by atoms with van der Waals surface area (Å²) < 4.78 is 0. The summed E-state index contributed by atoms with van der Waals surface area (Å²) in [5, 5.41) is 0. The molecule has 0 aliphatic rings. The Hall–Kier alpha value is 0.0649. The number of hydrogen-bond acceptors (Lipinski definition) is 0. The molecule has 112 valence electrons. The molecule has 0 amide bonds. The molecule has 1 heteroatoms. The van der Waals surface area contributed by atoms with Crippen molar-refractivity contribution in [2.45, 2.75) is 110 Å². The van der Waals surface area contributed by atoms with Gasteiger partial charge in [-0.2, -0.15) is 0 Å². The highest BCUT2D eigenvalue weighted by molar-refractivity contribution is 6.08. The maximum atomic E-state index is 5.53. The highest BCUT2D eigenvalue weighted by Crippen LogP contribution is 2.23. The number of rotatable bonds is 15. The van der Waals surface area contributed by atoms with Crippen LogP contribution in [0.25, 0.3) is 0 Å². The van der Waals surface area contributed by atoms with E-state index in [-0.39, 0.29) is 0 Å². The molecule has 0 nitrogen and oxygen atoms in total. The first-order chi connectivity index (χ1) is 9.35. The Morgan fingerprint density at radius 3 is 1.47 bits per heavy atom. The Labute approximate surface area is 124 Å². The third-order valence-corrected chi connectivity index (χ3v) is 4.25. The number of unbranched alkanes of at least 4 members (excludes halogenated alkanes) is 8. The molecule has 0 saturated carbocycles. The molecule has 0 bridgehead atoms. The second-order valence-corrected chi connectivity index (χ2v) is 6.20. The SMILES string of the molecule is [B]CCCCCCCC(CCCCC)CCCCC. The standard InChI is InChI=1S/C18H37B/c1-3-5-10-14-18(15-11-6-4-2)16-12-8-7-9-13-17-19/h18H,3-17H2,1-2H3. The van der Waals surface area contributed by atoms with Crippen LogP contribution in [0.5, 0.6) is 0 Å². The molecule has 2 radical (unpaired) electrons. The van der Waals surface area contributed by atoms with E-state index in [1.807, 2.05) is 0 Å². The molecule has 0 spiro atoms. The van der Waals surface area contributed by atoms with Gasteiger partial charge in [0, 0.05) is 0 Å². The van der Waals surface area contributed by atoms with E-state index >= 15 is 0 Å².